The van der Waals surface area contributed by atoms with Gasteiger partial charge in [-0.15, -0.1) is 0 Å². The lowest BCUT2D eigenvalue weighted by Crippen LogP contribution is -2.44. The van der Waals surface area contributed by atoms with E-state index in [2.05, 4.69) is 10.6 Å². The Morgan fingerprint density at radius 1 is 1.15 bits per heavy atom. The van der Waals surface area contributed by atoms with Gasteiger partial charge in [-0.25, -0.2) is 0 Å². The van der Waals surface area contributed by atoms with Gasteiger partial charge >= 0.3 is 0 Å². The number of benzene rings is 1. The molecule has 2 rings (SSSR count). The van der Waals surface area contributed by atoms with Crippen molar-refractivity contribution in [3.05, 3.63) is 34.9 Å². The van der Waals surface area contributed by atoms with Crippen LogP contribution in [-0.4, -0.2) is 48.3 Å². The quantitative estimate of drug-likeness (QED) is 0.795. The summed E-state index contributed by atoms with van der Waals surface area (Å²) in [7, 11) is 0. The third-order valence-corrected chi connectivity index (χ3v) is 4.63. The van der Waals surface area contributed by atoms with Crippen molar-refractivity contribution in [2.24, 2.45) is 5.92 Å². The largest absolute Gasteiger partial charge is 0.354 e. The second-order valence-corrected chi connectivity index (χ2v) is 7.27. The summed E-state index contributed by atoms with van der Waals surface area (Å²) < 4.78 is 0. The average molecular weight is 380 g/mol. The van der Waals surface area contributed by atoms with Gasteiger partial charge in [0.25, 0.3) is 5.91 Å². The third-order valence-electron chi connectivity index (χ3n) is 4.38. The molecular formula is C19H26ClN3O3. The van der Waals surface area contributed by atoms with Crippen molar-refractivity contribution >= 4 is 29.3 Å². The van der Waals surface area contributed by atoms with Gasteiger partial charge in [-0.3, -0.25) is 14.4 Å². The van der Waals surface area contributed by atoms with Crippen LogP contribution >= 0.6 is 11.6 Å². The SMILES string of the molecule is CC(C)NC(=O)C1CCN(C(=O)CCNC(=O)c2ccc(Cl)cc2)CC1. The lowest BCUT2D eigenvalue weighted by Gasteiger charge is -2.31. The summed E-state index contributed by atoms with van der Waals surface area (Å²) in [5.74, 6) is -0.170. The molecule has 6 nitrogen and oxygen atoms in total. The molecule has 0 radical (unpaired) electrons. The smallest absolute Gasteiger partial charge is 0.251 e. The van der Waals surface area contributed by atoms with E-state index in [1.807, 2.05) is 13.8 Å². The normalized spacial score (nSPS) is 15.0. The van der Waals surface area contributed by atoms with Crippen molar-refractivity contribution < 1.29 is 14.4 Å². The van der Waals surface area contributed by atoms with Crippen LogP contribution in [0.3, 0.4) is 0 Å². The zero-order valence-electron chi connectivity index (χ0n) is 15.3. The highest BCUT2D eigenvalue weighted by Crippen LogP contribution is 2.18. The van der Waals surface area contributed by atoms with E-state index in [1.54, 1.807) is 29.2 Å². The molecule has 0 atom stereocenters. The zero-order chi connectivity index (χ0) is 19.1. The first kappa shape index (κ1) is 20.2. The molecule has 7 heteroatoms. The second-order valence-electron chi connectivity index (χ2n) is 6.83. The minimum Gasteiger partial charge on any atom is -0.354 e. The number of halogens is 1. The van der Waals surface area contributed by atoms with Crippen molar-refractivity contribution in [1.29, 1.82) is 0 Å². The van der Waals surface area contributed by atoms with Crippen molar-refractivity contribution in [1.82, 2.24) is 15.5 Å². The maximum absolute atomic E-state index is 12.3. The van der Waals surface area contributed by atoms with Crippen LogP contribution in [0.5, 0.6) is 0 Å². The molecule has 0 unspecified atom stereocenters. The molecule has 2 N–H and O–H groups in total. The fourth-order valence-electron chi connectivity index (χ4n) is 2.94. The summed E-state index contributed by atoms with van der Waals surface area (Å²) in [4.78, 5) is 38.1. The summed E-state index contributed by atoms with van der Waals surface area (Å²) in [5.41, 5.74) is 0.513. The first-order valence-electron chi connectivity index (χ1n) is 8.98. The van der Waals surface area contributed by atoms with Crippen LogP contribution in [0.15, 0.2) is 24.3 Å². The van der Waals surface area contributed by atoms with Crippen LogP contribution in [0.25, 0.3) is 0 Å². The van der Waals surface area contributed by atoms with Crippen molar-refractivity contribution in [3.63, 3.8) is 0 Å². The standard InChI is InChI=1S/C19H26ClN3O3/c1-13(2)22-19(26)15-8-11-23(12-9-15)17(24)7-10-21-18(25)14-3-5-16(20)6-4-14/h3-6,13,15H,7-12H2,1-2H3,(H,21,25)(H,22,26). The zero-order valence-corrected chi connectivity index (χ0v) is 16.0. The highest BCUT2D eigenvalue weighted by atomic mass is 35.5. The van der Waals surface area contributed by atoms with Gasteiger partial charge in [-0.2, -0.15) is 0 Å². The molecule has 3 amide bonds. The number of hydrogen-bond donors (Lipinski definition) is 2. The van der Waals surface area contributed by atoms with Gasteiger partial charge in [-0.1, -0.05) is 11.6 Å². The fourth-order valence-corrected chi connectivity index (χ4v) is 3.06. The lowest BCUT2D eigenvalue weighted by molar-refractivity contribution is -0.135. The molecule has 0 spiro atoms. The van der Waals surface area contributed by atoms with E-state index in [4.69, 9.17) is 11.6 Å². The van der Waals surface area contributed by atoms with Crippen LogP contribution in [0, 0.1) is 5.92 Å². The van der Waals surface area contributed by atoms with Crippen molar-refractivity contribution in [3.8, 4) is 0 Å². The maximum Gasteiger partial charge on any atom is 0.251 e. The molecule has 0 aromatic heterocycles. The van der Waals surface area contributed by atoms with Gasteiger partial charge in [0.1, 0.15) is 0 Å². The average Bonchev–Trinajstić information content (AvgIpc) is 2.61. The fraction of sp³-hybridized carbons (Fsp3) is 0.526. The number of rotatable bonds is 6. The third kappa shape index (κ3) is 6.02. The van der Waals surface area contributed by atoms with Crippen LogP contribution in [-0.2, 0) is 9.59 Å². The van der Waals surface area contributed by atoms with E-state index in [0.29, 0.717) is 36.5 Å². The summed E-state index contributed by atoms with van der Waals surface area (Å²) in [6.45, 7) is 5.33. The predicted octanol–water partition coefficient (Wildman–Crippen LogP) is 2.22. The molecule has 26 heavy (non-hydrogen) atoms. The van der Waals surface area contributed by atoms with Crippen LogP contribution < -0.4 is 10.6 Å². The van der Waals surface area contributed by atoms with E-state index in [-0.39, 0.29) is 42.6 Å². The number of piperidine rings is 1. The first-order valence-corrected chi connectivity index (χ1v) is 9.36. The minimum absolute atomic E-state index is 0.00382. The van der Waals surface area contributed by atoms with E-state index < -0.39 is 0 Å². The summed E-state index contributed by atoms with van der Waals surface area (Å²) in [6, 6.07) is 6.73. The number of amides is 3. The van der Waals surface area contributed by atoms with Gasteiger partial charge in [0.2, 0.25) is 11.8 Å². The van der Waals surface area contributed by atoms with E-state index in [1.165, 1.54) is 0 Å². The molecule has 1 aromatic rings. The predicted molar refractivity (Wildman–Crippen MR) is 101 cm³/mol. The minimum atomic E-state index is -0.224. The maximum atomic E-state index is 12.3. The molecule has 1 fully saturated rings. The van der Waals surface area contributed by atoms with Gasteiger partial charge in [-0.05, 0) is 51.0 Å². The number of carbonyl (C=O) groups excluding carboxylic acids is 3. The Balaban J connectivity index is 1.70. The Bertz CT molecular complexity index is 638. The molecule has 1 aliphatic heterocycles. The second kappa shape index (κ2) is 9.57. The first-order chi connectivity index (χ1) is 12.4. The van der Waals surface area contributed by atoms with Gasteiger partial charge in [0.05, 0.1) is 0 Å². The Kier molecular flexibility index (Phi) is 7.45. The van der Waals surface area contributed by atoms with Gasteiger partial charge in [0.15, 0.2) is 0 Å². The molecule has 0 saturated carbocycles. The molecule has 1 aliphatic rings. The van der Waals surface area contributed by atoms with Gasteiger partial charge in [0, 0.05) is 48.6 Å². The summed E-state index contributed by atoms with van der Waals surface area (Å²) >= 11 is 5.80. The summed E-state index contributed by atoms with van der Waals surface area (Å²) in [6.07, 6.45) is 1.62. The number of carbonyl (C=O) groups is 3. The molecule has 1 saturated heterocycles. The number of nitrogens with one attached hydrogen (secondary N) is 2. The van der Waals surface area contributed by atoms with Crippen LogP contribution in [0.1, 0.15) is 43.5 Å². The lowest BCUT2D eigenvalue weighted by atomic mass is 9.95. The van der Waals surface area contributed by atoms with Crippen LogP contribution in [0.2, 0.25) is 5.02 Å². The van der Waals surface area contributed by atoms with E-state index in [9.17, 15) is 14.4 Å². The van der Waals surface area contributed by atoms with E-state index >= 15 is 0 Å². The molecular weight excluding hydrogens is 354 g/mol. The van der Waals surface area contributed by atoms with E-state index in [0.717, 1.165) is 0 Å². The molecule has 0 aliphatic carbocycles. The Morgan fingerprint density at radius 3 is 2.35 bits per heavy atom. The highest BCUT2D eigenvalue weighted by Gasteiger charge is 2.27. The monoisotopic (exact) mass is 379 g/mol. The van der Waals surface area contributed by atoms with Gasteiger partial charge < -0.3 is 15.5 Å². The van der Waals surface area contributed by atoms with Crippen molar-refractivity contribution in [2.75, 3.05) is 19.6 Å². The topological polar surface area (TPSA) is 78.5 Å². The Hall–Kier alpha value is -2.08. The number of hydrogen-bond acceptors (Lipinski definition) is 3. The number of nitrogens with zero attached hydrogens (tertiary/aromatic N) is 1. The molecule has 1 aromatic carbocycles. The van der Waals surface area contributed by atoms with Crippen LogP contribution in [0.4, 0.5) is 0 Å². The Morgan fingerprint density at radius 2 is 1.77 bits per heavy atom. The van der Waals surface area contributed by atoms with Crippen molar-refractivity contribution in [2.45, 2.75) is 39.2 Å². The molecule has 142 valence electrons. The molecule has 0 bridgehead atoms. The number of likely N-dealkylation sites (tertiary alicyclic amines) is 1. The summed E-state index contributed by atoms with van der Waals surface area (Å²) in [5, 5.41) is 6.24. The molecule has 1 heterocycles. The highest BCUT2D eigenvalue weighted by molar-refractivity contribution is 6.30. The Labute approximate surface area is 159 Å².